The Bertz CT molecular complexity index is 194. The first-order valence-corrected chi connectivity index (χ1v) is 4.17. The van der Waals surface area contributed by atoms with Crippen molar-refractivity contribution < 1.29 is 14.4 Å². The lowest BCUT2D eigenvalue weighted by molar-refractivity contribution is -0.143. The van der Waals surface area contributed by atoms with Crippen LogP contribution >= 0.6 is 0 Å². The van der Waals surface area contributed by atoms with E-state index in [4.69, 9.17) is 0 Å². The minimum Gasteiger partial charge on any atom is -0.291 e. The molecule has 0 spiro atoms. The molecule has 12 heavy (non-hydrogen) atoms. The summed E-state index contributed by atoms with van der Waals surface area (Å²) in [4.78, 5) is 32.1. The highest BCUT2D eigenvalue weighted by Gasteiger charge is 2.16. The molecule has 3 heteroatoms. The Balaban J connectivity index is 3.73. The van der Waals surface area contributed by atoms with Gasteiger partial charge in [-0.05, 0) is 6.42 Å². The summed E-state index contributed by atoms with van der Waals surface area (Å²) in [6.07, 6.45) is 2.85. The van der Waals surface area contributed by atoms with E-state index in [2.05, 4.69) is 0 Å². The van der Waals surface area contributed by atoms with Crippen LogP contribution in [0.25, 0.3) is 0 Å². The van der Waals surface area contributed by atoms with Gasteiger partial charge in [0.05, 0.1) is 0 Å². The van der Waals surface area contributed by atoms with E-state index in [0.717, 1.165) is 19.8 Å². The third-order valence-corrected chi connectivity index (χ3v) is 1.58. The van der Waals surface area contributed by atoms with Gasteiger partial charge >= 0.3 is 0 Å². The van der Waals surface area contributed by atoms with Gasteiger partial charge in [-0.15, -0.1) is 0 Å². The molecule has 0 saturated heterocycles. The lowest BCUT2D eigenvalue weighted by Gasteiger charge is -1.95. The van der Waals surface area contributed by atoms with Gasteiger partial charge < -0.3 is 0 Å². The first-order chi connectivity index (χ1) is 5.59. The normalized spacial score (nSPS) is 9.50. The molecule has 0 amide bonds. The molecule has 0 unspecified atom stereocenters. The van der Waals surface area contributed by atoms with E-state index >= 15 is 0 Å². The summed E-state index contributed by atoms with van der Waals surface area (Å²) >= 11 is 0. The van der Waals surface area contributed by atoms with Crippen LogP contribution < -0.4 is 0 Å². The predicted octanol–water partition coefficient (Wildman–Crippen LogP) is 1.29. The van der Waals surface area contributed by atoms with E-state index in [1.165, 1.54) is 0 Å². The van der Waals surface area contributed by atoms with E-state index < -0.39 is 17.3 Å². The smallest absolute Gasteiger partial charge is 0.263 e. The Morgan fingerprint density at radius 1 is 1.08 bits per heavy atom. The second kappa shape index (κ2) is 5.63. The fraction of sp³-hybridized carbons (Fsp3) is 0.667. The Hall–Kier alpha value is -0.990. The zero-order valence-corrected chi connectivity index (χ0v) is 7.55. The maximum atomic E-state index is 10.9. The monoisotopic (exact) mass is 170 g/mol. The Morgan fingerprint density at radius 2 is 1.67 bits per heavy atom. The number of hydrogen-bond acceptors (Lipinski definition) is 3. The van der Waals surface area contributed by atoms with Crippen LogP contribution in [0.1, 0.15) is 39.5 Å². The zero-order valence-electron chi connectivity index (χ0n) is 7.55. The van der Waals surface area contributed by atoms with Gasteiger partial charge in [0.1, 0.15) is 0 Å². The van der Waals surface area contributed by atoms with Gasteiger partial charge in [-0.1, -0.05) is 19.8 Å². The summed E-state index contributed by atoms with van der Waals surface area (Å²) in [6, 6.07) is 0. The Morgan fingerprint density at radius 3 is 2.08 bits per heavy atom. The second-order valence-corrected chi connectivity index (χ2v) is 2.77. The maximum Gasteiger partial charge on any atom is 0.263 e. The molecule has 0 N–H and O–H groups in total. The van der Waals surface area contributed by atoms with Crippen LogP contribution in [0.5, 0.6) is 0 Å². The summed E-state index contributed by atoms with van der Waals surface area (Å²) in [5, 5.41) is 0. The van der Waals surface area contributed by atoms with Crippen molar-refractivity contribution in [3.8, 4) is 0 Å². The summed E-state index contributed by atoms with van der Waals surface area (Å²) in [7, 11) is 0. The highest BCUT2D eigenvalue weighted by Crippen LogP contribution is 2.00. The number of Topliss-reactive ketones (excluding diaryl/α,β-unsaturated/α-hetero) is 3. The van der Waals surface area contributed by atoms with Crippen molar-refractivity contribution in [1.82, 2.24) is 0 Å². The van der Waals surface area contributed by atoms with Crippen molar-refractivity contribution in [3.05, 3.63) is 0 Å². The van der Waals surface area contributed by atoms with E-state index in [1.807, 2.05) is 6.92 Å². The van der Waals surface area contributed by atoms with Crippen LogP contribution in [-0.2, 0) is 14.4 Å². The highest BCUT2D eigenvalue weighted by molar-refractivity contribution is 6.63. The molecule has 0 atom stereocenters. The van der Waals surface area contributed by atoms with Crippen molar-refractivity contribution in [2.45, 2.75) is 39.5 Å². The van der Waals surface area contributed by atoms with Crippen molar-refractivity contribution in [1.29, 1.82) is 0 Å². The lowest BCUT2D eigenvalue weighted by atomic mass is 10.1. The molecule has 0 aromatic heterocycles. The number of hydrogen-bond donors (Lipinski definition) is 0. The molecule has 0 aromatic carbocycles. The average molecular weight is 170 g/mol. The molecule has 0 saturated carbocycles. The molecular formula is C9H14O3. The molecular weight excluding hydrogens is 156 g/mol. The fourth-order valence-corrected chi connectivity index (χ4v) is 0.845. The zero-order chi connectivity index (χ0) is 9.56. The predicted molar refractivity (Wildman–Crippen MR) is 44.8 cm³/mol. The second-order valence-electron chi connectivity index (χ2n) is 2.77. The van der Waals surface area contributed by atoms with Crippen molar-refractivity contribution in [2.24, 2.45) is 0 Å². The molecule has 0 aliphatic carbocycles. The lowest BCUT2D eigenvalue weighted by Crippen LogP contribution is -2.20. The molecule has 0 bridgehead atoms. The summed E-state index contributed by atoms with van der Waals surface area (Å²) in [5.41, 5.74) is 0. The van der Waals surface area contributed by atoms with Gasteiger partial charge in [0.15, 0.2) is 0 Å². The molecule has 0 aromatic rings. The molecule has 0 rings (SSSR count). The molecule has 0 radical (unpaired) electrons. The van der Waals surface area contributed by atoms with Crippen LogP contribution in [0.15, 0.2) is 0 Å². The number of carbonyl (C=O) groups is 3. The third kappa shape index (κ3) is 4.01. The number of rotatable bonds is 6. The van der Waals surface area contributed by atoms with Crippen LogP contribution in [-0.4, -0.2) is 17.3 Å². The van der Waals surface area contributed by atoms with Gasteiger partial charge in [0.25, 0.3) is 5.78 Å². The average Bonchev–Trinajstić information content (AvgIpc) is 2.03. The highest BCUT2D eigenvalue weighted by atomic mass is 16.2. The number of unbranched alkanes of at least 4 members (excludes halogenated alkanes) is 2. The fourth-order valence-electron chi connectivity index (χ4n) is 0.845. The molecule has 0 aliphatic rings. The first-order valence-electron chi connectivity index (χ1n) is 4.17. The number of carbonyl (C=O) groups excluding carboxylic acids is 3. The van der Waals surface area contributed by atoms with Gasteiger partial charge in [-0.2, -0.15) is 0 Å². The van der Waals surface area contributed by atoms with Gasteiger partial charge in [-0.25, -0.2) is 0 Å². The van der Waals surface area contributed by atoms with Crippen molar-refractivity contribution in [3.63, 3.8) is 0 Å². The quantitative estimate of drug-likeness (QED) is 0.343. The Labute approximate surface area is 72.1 Å². The van der Waals surface area contributed by atoms with E-state index in [0.29, 0.717) is 6.42 Å². The topological polar surface area (TPSA) is 51.2 Å². The van der Waals surface area contributed by atoms with Gasteiger partial charge in [0.2, 0.25) is 11.6 Å². The third-order valence-electron chi connectivity index (χ3n) is 1.58. The molecule has 68 valence electrons. The van der Waals surface area contributed by atoms with Gasteiger partial charge in [0, 0.05) is 13.3 Å². The van der Waals surface area contributed by atoms with E-state index in [1.54, 1.807) is 0 Å². The summed E-state index contributed by atoms with van der Waals surface area (Å²) in [6.45, 7) is 3.14. The summed E-state index contributed by atoms with van der Waals surface area (Å²) in [5.74, 6) is -2.06. The standard InChI is InChI=1S/C9H14O3/c1-3-4-5-6-8(11)9(12)7(2)10/h3-6H2,1-2H3. The van der Waals surface area contributed by atoms with Gasteiger partial charge in [-0.3, -0.25) is 14.4 Å². The minimum absolute atomic E-state index is 0.215. The molecule has 0 fully saturated rings. The van der Waals surface area contributed by atoms with Crippen LogP contribution in [0.4, 0.5) is 0 Å². The Kier molecular flexibility index (Phi) is 5.17. The van der Waals surface area contributed by atoms with Crippen LogP contribution in [0.2, 0.25) is 0 Å². The van der Waals surface area contributed by atoms with Crippen molar-refractivity contribution in [2.75, 3.05) is 0 Å². The minimum atomic E-state index is -0.855. The summed E-state index contributed by atoms with van der Waals surface area (Å²) < 4.78 is 0. The van der Waals surface area contributed by atoms with E-state index in [9.17, 15) is 14.4 Å². The molecule has 3 nitrogen and oxygen atoms in total. The SMILES string of the molecule is CCCCCC(=O)C(=O)C(C)=O. The molecule has 0 heterocycles. The van der Waals surface area contributed by atoms with Crippen LogP contribution in [0.3, 0.4) is 0 Å². The van der Waals surface area contributed by atoms with E-state index in [-0.39, 0.29) is 6.42 Å². The molecule has 0 aliphatic heterocycles. The van der Waals surface area contributed by atoms with Crippen molar-refractivity contribution >= 4 is 17.3 Å². The first kappa shape index (κ1) is 11.0. The number of ketones is 3. The van der Waals surface area contributed by atoms with Crippen LogP contribution in [0, 0.1) is 0 Å². The largest absolute Gasteiger partial charge is 0.291 e. The maximum absolute atomic E-state index is 10.9.